The highest BCUT2D eigenvalue weighted by Crippen LogP contribution is 2.20. The molecule has 0 bridgehead atoms. The molecule has 1 heterocycles. The number of allylic oxidation sites excluding steroid dienone is 1. The van der Waals surface area contributed by atoms with Crippen LogP contribution in [0.15, 0.2) is 66.9 Å². The number of hydrogen-bond acceptors (Lipinski definition) is 4. The monoisotopic (exact) mass is 517 g/mol. The summed E-state index contributed by atoms with van der Waals surface area (Å²) < 4.78 is 14.3. The summed E-state index contributed by atoms with van der Waals surface area (Å²) in [5.41, 5.74) is 5.02. The number of aryl methyl sites for hydroxylation is 3. The molecule has 0 radical (unpaired) electrons. The summed E-state index contributed by atoms with van der Waals surface area (Å²) in [5, 5.41) is 0. The molecule has 0 amide bonds. The van der Waals surface area contributed by atoms with Crippen molar-refractivity contribution in [2.24, 2.45) is 0 Å². The molecule has 0 saturated carbocycles. The Kier molecular flexibility index (Phi) is 12.4. The zero-order valence-corrected chi connectivity index (χ0v) is 24.0. The Hall–Kier alpha value is -3.05. The van der Waals surface area contributed by atoms with Crippen LogP contribution in [0, 0.1) is 0 Å². The lowest BCUT2D eigenvalue weighted by Crippen LogP contribution is -2.24. The van der Waals surface area contributed by atoms with E-state index < -0.39 is 0 Å². The predicted molar refractivity (Wildman–Crippen MR) is 158 cm³/mol. The van der Waals surface area contributed by atoms with Crippen LogP contribution in [0.4, 0.5) is 0 Å². The van der Waals surface area contributed by atoms with Crippen LogP contribution < -0.4 is 4.74 Å². The van der Waals surface area contributed by atoms with Crippen LogP contribution in [-0.4, -0.2) is 40.7 Å². The molecule has 0 saturated heterocycles. The molecule has 0 fully saturated rings. The number of hydrogen-bond donors (Lipinski definition) is 0. The van der Waals surface area contributed by atoms with Crippen molar-refractivity contribution in [1.29, 1.82) is 0 Å². The highest BCUT2D eigenvalue weighted by atomic mass is 16.5. The van der Waals surface area contributed by atoms with E-state index in [4.69, 9.17) is 14.5 Å². The van der Waals surface area contributed by atoms with Crippen LogP contribution in [0.2, 0.25) is 0 Å². The average Bonchev–Trinajstić information content (AvgIpc) is 3.31. The van der Waals surface area contributed by atoms with Gasteiger partial charge in [0.1, 0.15) is 18.2 Å². The number of nitrogens with zero attached hydrogens (tertiary/aromatic N) is 3. The van der Waals surface area contributed by atoms with Gasteiger partial charge in [-0.1, -0.05) is 69.8 Å². The minimum atomic E-state index is 0.588. The fourth-order valence-electron chi connectivity index (χ4n) is 4.88. The maximum absolute atomic E-state index is 5.94. The molecule has 0 aliphatic rings. The van der Waals surface area contributed by atoms with Crippen molar-refractivity contribution in [2.45, 2.75) is 79.4 Å². The van der Waals surface area contributed by atoms with Gasteiger partial charge in [-0.25, -0.2) is 4.98 Å². The number of ether oxygens (including phenoxy) is 2. The van der Waals surface area contributed by atoms with E-state index in [2.05, 4.69) is 80.1 Å². The molecule has 0 aliphatic carbocycles. The summed E-state index contributed by atoms with van der Waals surface area (Å²) >= 11 is 0. The van der Waals surface area contributed by atoms with Crippen LogP contribution in [0.3, 0.4) is 0 Å². The maximum atomic E-state index is 5.94. The molecule has 3 rings (SSSR count). The van der Waals surface area contributed by atoms with Gasteiger partial charge >= 0.3 is 0 Å². The van der Waals surface area contributed by atoms with Crippen molar-refractivity contribution in [3.63, 3.8) is 0 Å². The molecule has 3 aromatic rings. The second-order valence-electron chi connectivity index (χ2n) is 9.71. The van der Waals surface area contributed by atoms with E-state index in [1.54, 1.807) is 0 Å². The van der Waals surface area contributed by atoms with Crippen molar-refractivity contribution in [3.8, 4) is 5.75 Å². The van der Waals surface area contributed by atoms with Crippen molar-refractivity contribution in [2.75, 3.05) is 26.2 Å². The molecule has 5 heteroatoms. The summed E-state index contributed by atoms with van der Waals surface area (Å²) in [4.78, 5) is 7.52. The van der Waals surface area contributed by atoms with Crippen LogP contribution in [-0.2, 0) is 43.6 Å². The van der Waals surface area contributed by atoms with Crippen molar-refractivity contribution >= 4 is 0 Å². The smallest absolute Gasteiger partial charge is 0.119 e. The number of aromatic nitrogens is 2. The normalized spacial score (nSPS) is 11.2. The van der Waals surface area contributed by atoms with Crippen molar-refractivity contribution < 1.29 is 9.47 Å². The van der Waals surface area contributed by atoms with Gasteiger partial charge in [0.2, 0.25) is 0 Å². The van der Waals surface area contributed by atoms with E-state index in [0.29, 0.717) is 6.61 Å². The van der Waals surface area contributed by atoms with Gasteiger partial charge in [-0.3, -0.25) is 0 Å². The second-order valence-corrected chi connectivity index (χ2v) is 9.71. The SMILES string of the molecule is C=C(CCc1nc(CCc2ccc(OCc3ccccc3)cc2)n(CC)c1CC)OCCCN(CC)CC. The van der Waals surface area contributed by atoms with Crippen LogP contribution in [0.25, 0.3) is 0 Å². The number of rotatable bonds is 18. The molecular weight excluding hydrogens is 470 g/mol. The molecule has 2 aromatic carbocycles. The van der Waals surface area contributed by atoms with Gasteiger partial charge in [0.05, 0.1) is 18.1 Å². The number of benzene rings is 2. The molecule has 0 aliphatic heterocycles. The summed E-state index contributed by atoms with van der Waals surface area (Å²) in [6.07, 6.45) is 5.61. The predicted octanol–water partition coefficient (Wildman–Crippen LogP) is 7.02. The zero-order valence-electron chi connectivity index (χ0n) is 24.0. The first-order valence-corrected chi connectivity index (χ1v) is 14.4. The first-order chi connectivity index (χ1) is 18.6. The van der Waals surface area contributed by atoms with E-state index in [9.17, 15) is 0 Å². The van der Waals surface area contributed by atoms with E-state index in [1.165, 1.54) is 28.3 Å². The van der Waals surface area contributed by atoms with Crippen LogP contribution >= 0.6 is 0 Å². The summed E-state index contributed by atoms with van der Waals surface area (Å²) in [6, 6.07) is 18.7. The van der Waals surface area contributed by atoms with Gasteiger partial charge in [-0.2, -0.15) is 0 Å². The number of imidazole rings is 1. The fourth-order valence-corrected chi connectivity index (χ4v) is 4.88. The van der Waals surface area contributed by atoms with Crippen LogP contribution in [0.5, 0.6) is 5.75 Å². The largest absolute Gasteiger partial charge is 0.498 e. The molecule has 0 unspecified atom stereocenters. The van der Waals surface area contributed by atoms with Gasteiger partial charge in [-0.15, -0.1) is 0 Å². The zero-order chi connectivity index (χ0) is 27.2. The third-order valence-corrected chi connectivity index (χ3v) is 7.15. The third-order valence-electron chi connectivity index (χ3n) is 7.15. The lowest BCUT2D eigenvalue weighted by Gasteiger charge is -2.18. The van der Waals surface area contributed by atoms with Gasteiger partial charge in [0.15, 0.2) is 0 Å². The lowest BCUT2D eigenvalue weighted by atomic mass is 10.1. The Balaban J connectivity index is 1.50. The third kappa shape index (κ3) is 9.05. The summed E-state index contributed by atoms with van der Waals surface area (Å²) in [5.74, 6) is 2.95. The Morgan fingerprint density at radius 2 is 1.63 bits per heavy atom. The van der Waals surface area contributed by atoms with Gasteiger partial charge in [0, 0.05) is 31.6 Å². The molecule has 0 spiro atoms. The van der Waals surface area contributed by atoms with E-state index in [-0.39, 0.29) is 0 Å². The van der Waals surface area contributed by atoms with Gasteiger partial charge < -0.3 is 18.9 Å². The van der Waals surface area contributed by atoms with Crippen LogP contribution in [0.1, 0.15) is 68.9 Å². The van der Waals surface area contributed by atoms with Crippen molar-refractivity contribution in [3.05, 3.63) is 95.3 Å². The lowest BCUT2D eigenvalue weighted by molar-refractivity contribution is 0.180. The fraction of sp³-hybridized carbons (Fsp3) is 0.485. The highest BCUT2D eigenvalue weighted by Gasteiger charge is 2.15. The minimum absolute atomic E-state index is 0.588. The molecule has 206 valence electrons. The standard InChI is InChI=1S/C33H47N3O2/c1-6-32-31(22-16-27(5)37-25-13-24-35(7-2)8-3)34-33(36(32)9-4)23-19-28-17-20-30(21-18-28)38-26-29-14-11-10-12-15-29/h10-12,14-15,17-18,20-21H,5-9,13,16,19,22-26H2,1-4H3. The molecule has 0 N–H and O–H groups in total. The summed E-state index contributed by atoms with van der Waals surface area (Å²) in [6.45, 7) is 18.5. The molecule has 38 heavy (non-hydrogen) atoms. The Labute approximate surface area is 230 Å². The van der Waals surface area contributed by atoms with Crippen molar-refractivity contribution in [1.82, 2.24) is 14.5 Å². The topological polar surface area (TPSA) is 39.5 Å². The highest BCUT2D eigenvalue weighted by molar-refractivity contribution is 5.28. The first kappa shape index (κ1) is 29.5. The second kappa shape index (κ2) is 16.0. The van der Waals surface area contributed by atoms with E-state index in [0.717, 1.165) is 82.8 Å². The molecule has 1 aromatic heterocycles. The Morgan fingerprint density at radius 1 is 0.895 bits per heavy atom. The quantitative estimate of drug-likeness (QED) is 0.134. The molecule has 0 atom stereocenters. The summed E-state index contributed by atoms with van der Waals surface area (Å²) in [7, 11) is 0. The van der Waals surface area contributed by atoms with Gasteiger partial charge in [0.25, 0.3) is 0 Å². The maximum Gasteiger partial charge on any atom is 0.119 e. The average molecular weight is 518 g/mol. The Morgan fingerprint density at radius 3 is 2.29 bits per heavy atom. The van der Waals surface area contributed by atoms with E-state index >= 15 is 0 Å². The minimum Gasteiger partial charge on any atom is -0.498 e. The van der Waals surface area contributed by atoms with Gasteiger partial charge in [-0.05, 0) is 69.0 Å². The van der Waals surface area contributed by atoms with E-state index in [1.807, 2.05) is 18.2 Å². The first-order valence-electron chi connectivity index (χ1n) is 14.4. The molecule has 5 nitrogen and oxygen atoms in total. The molecular formula is C33H47N3O2. The Bertz CT molecular complexity index is 1090.